The van der Waals surface area contributed by atoms with Gasteiger partial charge >= 0.3 is 0 Å². The first-order valence-electron chi connectivity index (χ1n) is 11.2. The zero-order valence-electron chi connectivity index (χ0n) is 18.0. The van der Waals surface area contributed by atoms with Crippen molar-refractivity contribution in [2.75, 3.05) is 6.61 Å². The Hall–Kier alpha value is -3.58. The molecule has 4 heterocycles. The van der Waals surface area contributed by atoms with E-state index in [-0.39, 0.29) is 5.56 Å². The number of benzene rings is 1. The lowest BCUT2D eigenvalue weighted by atomic mass is 10.1. The molecule has 4 aromatic heterocycles. The molecule has 1 saturated carbocycles. The Morgan fingerprint density at radius 3 is 2.85 bits per heavy atom. The first kappa shape index (κ1) is 20.1. The monoisotopic (exact) mass is 454 g/mol. The number of aryl methyl sites for hydroxylation is 1. The fourth-order valence-corrected chi connectivity index (χ4v) is 4.90. The summed E-state index contributed by atoms with van der Waals surface area (Å²) in [6.07, 6.45) is 9.51. The van der Waals surface area contributed by atoms with Gasteiger partial charge in [-0.25, -0.2) is 4.98 Å². The normalized spacial score (nSPS) is 13.6. The molecule has 6 nitrogen and oxygen atoms in total. The molecule has 0 unspecified atom stereocenters. The predicted octanol–water partition coefficient (Wildman–Crippen LogP) is 5.48. The van der Waals surface area contributed by atoms with Crippen LogP contribution in [0.4, 0.5) is 0 Å². The van der Waals surface area contributed by atoms with Crippen molar-refractivity contribution in [2.24, 2.45) is 0 Å². The molecule has 6 rings (SSSR count). The van der Waals surface area contributed by atoms with Crippen LogP contribution in [-0.2, 0) is 6.42 Å². The van der Waals surface area contributed by atoms with E-state index in [1.807, 2.05) is 48.2 Å². The van der Waals surface area contributed by atoms with Gasteiger partial charge in [0, 0.05) is 18.6 Å². The van der Waals surface area contributed by atoms with E-state index in [4.69, 9.17) is 9.72 Å². The Morgan fingerprint density at radius 2 is 2.00 bits per heavy atom. The number of pyridine rings is 2. The van der Waals surface area contributed by atoms with E-state index in [0.717, 1.165) is 52.6 Å². The van der Waals surface area contributed by atoms with Crippen molar-refractivity contribution >= 4 is 32.3 Å². The van der Waals surface area contributed by atoms with Gasteiger partial charge in [0.05, 0.1) is 22.2 Å². The summed E-state index contributed by atoms with van der Waals surface area (Å²) in [5.41, 5.74) is 3.62. The third-order valence-corrected chi connectivity index (χ3v) is 6.91. The summed E-state index contributed by atoms with van der Waals surface area (Å²) in [6, 6.07) is 12.0. The zero-order chi connectivity index (χ0) is 22.2. The van der Waals surface area contributed by atoms with Gasteiger partial charge in [0.25, 0.3) is 5.56 Å². The highest BCUT2D eigenvalue weighted by Crippen LogP contribution is 2.44. The number of hydrogen-bond donors (Lipinski definition) is 1. The maximum atomic E-state index is 13.1. The Morgan fingerprint density at radius 1 is 1.12 bits per heavy atom. The van der Waals surface area contributed by atoms with Gasteiger partial charge in [0.1, 0.15) is 11.4 Å². The molecule has 0 aliphatic heterocycles. The maximum absolute atomic E-state index is 13.1. The summed E-state index contributed by atoms with van der Waals surface area (Å²) < 4.78 is 7.17. The number of thiophene rings is 1. The maximum Gasteiger partial charge on any atom is 0.259 e. The average Bonchev–Trinajstić information content (AvgIpc) is 3.58. The van der Waals surface area contributed by atoms with E-state index in [9.17, 15) is 4.79 Å². The second-order valence-corrected chi connectivity index (χ2v) is 9.38. The number of rotatable bonds is 7. The number of nitrogens with one attached hydrogen (secondary N) is 1. The van der Waals surface area contributed by atoms with Gasteiger partial charge in [-0.3, -0.25) is 14.8 Å². The van der Waals surface area contributed by atoms with Gasteiger partial charge in [0.15, 0.2) is 5.82 Å². The molecule has 1 N–H and O–H groups in total. The van der Waals surface area contributed by atoms with E-state index in [0.29, 0.717) is 29.4 Å². The van der Waals surface area contributed by atoms with Gasteiger partial charge in [0.2, 0.25) is 0 Å². The number of nitrogens with zero attached hydrogens (tertiary/aromatic N) is 3. The highest BCUT2D eigenvalue weighted by atomic mass is 32.1. The van der Waals surface area contributed by atoms with E-state index >= 15 is 0 Å². The van der Waals surface area contributed by atoms with Crippen molar-refractivity contribution in [1.82, 2.24) is 19.9 Å². The molecule has 1 fully saturated rings. The van der Waals surface area contributed by atoms with Crippen LogP contribution in [0.3, 0.4) is 0 Å². The minimum absolute atomic E-state index is 0.161. The van der Waals surface area contributed by atoms with Crippen LogP contribution in [0.25, 0.3) is 32.5 Å². The minimum Gasteiger partial charge on any atom is -0.494 e. The number of aromatic amines is 1. The van der Waals surface area contributed by atoms with Crippen molar-refractivity contribution < 1.29 is 4.74 Å². The fourth-order valence-electron chi connectivity index (χ4n) is 4.17. The lowest BCUT2D eigenvalue weighted by Crippen LogP contribution is -2.12. The third kappa shape index (κ3) is 4.12. The van der Waals surface area contributed by atoms with Gasteiger partial charge < -0.3 is 9.72 Å². The molecular weight excluding hydrogens is 432 g/mol. The van der Waals surface area contributed by atoms with Crippen molar-refractivity contribution in [3.8, 4) is 17.3 Å². The standard InChI is InChI=1S/C26H22N4O2S/c31-26-21-14-19(32-10-1-2-16-5-8-27-9-6-16)13-20(17-3-4-17)24(21)29-25(30-26)22-12-18-7-11-33-23(18)15-28-22/h5-9,11-15,17H,1-4,10H2,(H,29,30,31). The number of aromatic nitrogens is 4. The Balaban J connectivity index is 1.31. The highest BCUT2D eigenvalue weighted by molar-refractivity contribution is 7.17. The largest absolute Gasteiger partial charge is 0.494 e. The summed E-state index contributed by atoms with van der Waals surface area (Å²) in [7, 11) is 0. The van der Waals surface area contributed by atoms with Gasteiger partial charge in [-0.05, 0) is 89.9 Å². The SMILES string of the molecule is O=c1[nH]c(-c2cc3ccsc3cn2)nc2c(C3CC3)cc(OCCCc3ccncc3)cc12. The molecular formula is C26H22N4O2S. The molecule has 0 radical (unpaired) electrons. The summed E-state index contributed by atoms with van der Waals surface area (Å²) in [6.45, 7) is 0.589. The first-order valence-corrected chi connectivity index (χ1v) is 12.1. The van der Waals surface area contributed by atoms with Crippen LogP contribution in [0.1, 0.15) is 36.3 Å². The molecule has 0 amide bonds. The molecule has 5 aromatic rings. The second kappa shape index (κ2) is 8.41. The van der Waals surface area contributed by atoms with Crippen LogP contribution >= 0.6 is 11.3 Å². The quantitative estimate of drug-likeness (QED) is 0.329. The lowest BCUT2D eigenvalue weighted by molar-refractivity contribution is 0.311. The van der Waals surface area contributed by atoms with Crippen LogP contribution in [0.2, 0.25) is 0 Å². The van der Waals surface area contributed by atoms with Gasteiger partial charge in [-0.2, -0.15) is 0 Å². The Bertz CT molecular complexity index is 1510. The molecule has 1 aromatic carbocycles. The number of hydrogen-bond acceptors (Lipinski definition) is 6. The summed E-state index contributed by atoms with van der Waals surface area (Å²) in [5, 5.41) is 3.71. The molecule has 1 aliphatic carbocycles. The predicted molar refractivity (Wildman–Crippen MR) is 131 cm³/mol. The summed E-state index contributed by atoms with van der Waals surface area (Å²) >= 11 is 1.65. The van der Waals surface area contributed by atoms with Crippen LogP contribution in [0.15, 0.2) is 65.2 Å². The van der Waals surface area contributed by atoms with Crippen molar-refractivity contribution in [2.45, 2.75) is 31.6 Å². The molecule has 33 heavy (non-hydrogen) atoms. The number of fused-ring (bicyclic) bond motifs is 2. The van der Waals surface area contributed by atoms with Crippen LogP contribution < -0.4 is 10.3 Å². The van der Waals surface area contributed by atoms with Crippen LogP contribution in [0, 0.1) is 0 Å². The van der Waals surface area contributed by atoms with E-state index in [1.165, 1.54) is 5.56 Å². The second-order valence-electron chi connectivity index (χ2n) is 8.43. The number of H-pyrrole nitrogens is 1. The first-order chi connectivity index (χ1) is 16.2. The highest BCUT2D eigenvalue weighted by Gasteiger charge is 2.28. The molecule has 164 valence electrons. The minimum atomic E-state index is -0.161. The van der Waals surface area contributed by atoms with Crippen molar-refractivity contribution in [1.29, 1.82) is 0 Å². The molecule has 0 atom stereocenters. The van der Waals surface area contributed by atoms with Crippen LogP contribution in [-0.4, -0.2) is 26.5 Å². The molecule has 7 heteroatoms. The zero-order valence-corrected chi connectivity index (χ0v) is 18.8. The van der Waals surface area contributed by atoms with Gasteiger partial charge in [-0.1, -0.05) is 0 Å². The third-order valence-electron chi connectivity index (χ3n) is 6.04. The summed E-state index contributed by atoms with van der Waals surface area (Å²) in [5.74, 6) is 1.67. The average molecular weight is 455 g/mol. The smallest absolute Gasteiger partial charge is 0.259 e. The fraction of sp³-hybridized carbons (Fsp3) is 0.231. The Labute approximate surface area is 194 Å². The molecule has 0 spiro atoms. The van der Waals surface area contributed by atoms with E-state index in [2.05, 4.69) is 27.1 Å². The lowest BCUT2D eigenvalue weighted by Gasteiger charge is -2.12. The Kier molecular flexibility index (Phi) is 5.11. The molecule has 0 bridgehead atoms. The van der Waals surface area contributed by atoms with Crippen molar-refractivity contribution in [3.63, 3.8) is 0 Å². The van der Waals surface area contributed by atoms with Crippen molar-refractivity contribution in [3.05, 3.63) is 81.8 Å². The van der Waals surface area contributed by atoms with E-state index < -0.39 is 0 Å². The molecule has 0 saturated heterocycles. The van der Waals surface area contributed by atoms with Crippen LogP contribution in [0.5, 0.6) is 5.75 Å². The molecule has 1 aliphatic rings. The topological polar surface area (TPSA) is 80.8 Å². The summed E-state index contributed by atoms with van der Waals surface area (Å²) in [4.78, 5) is 29.4. The van der Waals surface area contributed by atoms with E-state index in [1.54, 1.807) is 11.3 Å². The van der Waals surface area contributed by atoms with Gasteiger partial charge in [-0.15, -0.1) is 11.3 Å². The number of ether oxygens (including phenoxy) is 1.